The highest BCUT2D eigenvalue weighted by Gasteiger charge is 2.34. The zero-order valence-corrected chi connectivity index (χ0v) is 19.8. The van der Waals surface area contributed by atoms with Gasteiger partial charge in [0.05, 0.1) is 16.6 Å². The fourth-order valence-corrected chi connectivity index (χ4v) is 7.18. The maximum absolute atomic E-state index is 14.9. The first-order valence-electron chi connectivity index (χ1n) is 11.3. The number of hydrogen-bond donors (Lipinski definition) is 1. The van der Waals surface area contributed by atoms with Crippen LogP contribution in [0.3, 0.4) is 0 Å². The van der Waals surface area contributed by atoms with Crippen LogP contribution in [0.2, 0.25) is 0 Å². The summed E-state index contributed by atoms with van der Waals surface area (Å²) in [6, 6.07) is 13.8. The van der Waals surface area contributed by atoms with Crippen molar-refractivity contribution in [2.75, 3.05) is 30.3 Å². The van der Waals surface area contributed by atoms with Gasteiger partial charge in [-0.15, -0.1) is 0 Å². The molecular weight excluding hydrogens is 495 g/mol. The molecule has 1 aliphatic heterocycles. The second kappa shape index (κ2) is 9.17. The highest BCUT2D eigenvalue weighted by Crippen LogP contribution is 2.47. The first-order valence-corrected chi connectivity index (χ1v) is 13.3. The van der Waals surface area contributed by atoms with Crippen molar-refractivity contribution >= 4 is 29.0 Å². The van der Waals surface area contributed by atoms with E-state index in [1.807, 2.05) is 0 Å². The van der Waals surface area contributed by atoms with Gasteiger partial charge in [-0.05, 0) is 35.9 Å². The van der Waals surface area contributed by atoms with Gasteiger partial charge >= 0.3 is 6.18 Å². The van der Waals surface area contributed by atoms with Crippen molar-refractivity contribution in [1.82, 2.24) is 15.2 Å². The van der Waals surface area contributed by atoms with Gasteiger partial charge in [-0.2, -0.15) is 18.3 Å². The zero-order chi connectivity index (χ0) is 25.5. The van der Waals surface area contributed by atoms with Gasteiger partial charge in [-0.25, -0.2) is 14.5 Å². The lowest BCUT2D eigenvalue weighted by molar-refractivity contribution is -0.137. The van der Waals surface area contributed by atoms with E-state index in [1.165, 1.54) is 12.1 Å². The summed E-state index contributed by atoms with van der Waals surface area (Å²) in [5.74, 6) is -0.193. The molecule has 1 N–H and O–H groups in total. The van der Waals surface area contributed by atoms with E-state index in [4.69, 9.17) is 0 Å². The molecule has 36 heavy (non-hydrogen) atoms. The van der Waals surface area contributed by atoms with E-state index >= 15 is 0 Å². The number of H-pyrrole nitrogens is 1. The number of fused-ring (bicyclic) bond motifs is 1. The summed E-state index contributed by atoms with van der Waals surface area (Å²) in [5.41, 5.74) is 0.188. The number of anilines is 1. The molecule has 186 valence electrons. The SMILES string of the molecule is O=c1[nH]nc(Cc2ccc(F)c(P3(=O)CCN(c4ccc(C(F)(F)F)cn4)CC3)c2)c2ccccc12. The van der Waals surface area contributed by atoms with Crippen LogP contribution in [0.1, 0.15) is 16.8 Å². The average molecular weight is 516 g/mol. The molecule has 6 nitrogen and oxygen atoms in total. The Kier molecular flexibility index (Phi) is 6.16. The summed E-state index contributed by atoms with van der Waals surface area (Å²) in [4.78, 5) is 17.7. The van der Waals surface area contributed by atoms with Crippen LogP contribution in [0, 0.1) is 5.82 Å². The van der Waals surface area contributed by atoms with Crippen molar-refractivity contribution in [2.45, 2.75) is 12.6 Å². The fourth-order valence-electron chi connectivity index (χ4n) is 4.48. The molecule has 2 aromatic carbocycles. The van der Waals surface area contributed by atoms with Gasteiger partial charge in [-0.1, -0.05) is 24.3 Å². The second-order valence-electron chi connectivity index (χ2n) is 8.73. The summed E-state index contributed by atoms with van der Waals surface area (Å²) in [7, 11) is -3.09. The Morgan fingerprint density at radius 3 is 2.39 bits per heavy atom. The van der Waals surface area contributed by atoms with E-state index in [0.29, 0.717) is 34.3 Å². The van der Waals surface area contributed by atoms with Crippen molar-refractivity contribution in [2.24, 2.45) is 0 Å². The minimum absolute atomic E-state index is 0.161. The lowest BCUT2D eigenvalue weighted by atomic mass is 10.0. The third-order valence-electron chi connectivity index (χ3n) is 6.46. The number of benzene rings is 2. The Morgan fingerprint density at radius 1 is 1.00 bits per heavy atom. The number of aromatic nitrogens is 3. The Balaban J connectivity index is 1.36. The van der Waals surface area contributed by atoms with E-state index in [1.54, 1.807) is 41.3 Å². The van der Waals surface area contributed by atoms with Crippen LogP contribution >= 0.6 is 7.14 Å². The predicted molar refractivity (Wildman–Crippen MR) is 130 cm³/mol. The molecule has 5 rings (SSSR count). The first kappa shape index (κ1) is 24.2. The molecule has 0 atom stereocenters. The molecule has 0 aliphatic carbocycles. The van der Waals surface area contributed by atoms with Gasteiger partial charge in [0.1, 0.15) is 18.8 Å². The van der Waals surface area contributed by atoms with E-state index < -0.39 is 24.7 Å². The van der Waals surface area contributed by atoms with Gasteiger partial charge < -0.3 is 9.46 Å². The molecule has 0 radical (unpaired) electrons. The molecule has 0 amide bonds. The minimum atomic E-state index is -4.47. The van der Waals surface area contributed by atoms with Gasteiger partial charge in [0.25, 0.3) is 5.56 Å². The lowest BCUT2D eigenvalue weighted by Crippen LogP contribution is -2.38. The number of rotatable bonds is 4. The molecule has 0 saturated carbocycles. The Hall–Kier alpha value is -3.52. The minimum Gasteiger partial charge on any atom is -0.356 e. The number of aromatic amines is 1. The fraction of sp³-hybridized carbons (Fsp3) is 0.240. The van der Waals surface area contributed by atoms with E-state index in [9.17, 15) is 26.9 Å². The highest BCUT2D eigenvalue weighted by atomic mass is 31.2. The largest absolute Gasteiger partial charge is 0.417 e. The molecule has 3 heterocycles. The van der Waals surface area contributed by atoms with Crippen LogP contribution in [0.15, 0.2) is 65.6 Å². The summed E-state index contributed by atoms with van der Waals surface area (Å²) < 4.78 is 67.1. The van der Waals surface area contributed by atoms with Crippen molar-refractivity contribution in [3.05, 3.63) is 93.8 Å². The van der Waals surface area contributed by atoms with Crippen LogP contribution in [-0.2, 0) is 17.2 Å². The summed E-state index contributed by atoms with van der Waals surface area (Å²) in [6.45, 7) is 0.566. The lowest BCUT2D eigenvalue weighted by Gasteiger charge is -2.33. The molecule has 0 spiro atoms. The maximum Gasteiger partial charge on any atom is 0.417 e. The third-order valence-corrected chi connectivity index (χ3v) is 9.52. The molecule has 11 heteroatoms. The second-order valence-corrected chi connectivity index (χ2v) is 11.9. The highest BCUT2D eigenvalue weighted by molar-refractivity contribution is 7.71. The molecule has 4 aromatic rings. The average Bonchev–Trinajstić information content (AvgIpc) is 2.87. The van der Waals surface area contributed by atoms with E-state index in [-0.39, 0.29) is 36.3 Å². The number of alkyl halides is 3. The maximum atomic E-state index is 14.9. The summed E-state index contributed by atoms with van der Waals surface area (Å²) in [5, 5.41) is 8.00. The van der Waals surface area contributed by atoms with Crippen LogP contribution < -0.4 is 15.8 Å². The summed E-state index contributed by atoms with van der Waals surface area (Å²) >= 11 is 0. The quantitative estimate of drug-likeness (QED) is 0.318. The van der Waals surface area contributed by atoms with Crippen molar-refractivity contribution in [3.63, 3.8) is 0 Å². The Bertz CT molecular complexity index is 1520. The topological polar surface area (TPSA) is 79.0 Å². The smallest absolute Gasteiger partial charge is 0.356 e. The molecule has 1 saturated heterocycles. The van der Waals surface area contributed by atoms with Gasteiger partial charge in [-0.3, -0.25) is 4.79 Å². The standard InChI is InChI=1S/C25H21F4N4O2P/c26-20-7-5-16(13-21-18-3-1-2-4-19(18)24(34)32-31-21)14-22(20)36(35)11-9-33(10-12-36)23-8-6-17(15-30-23)25(27,28)29/h1-8,14-15H,9-13H2,(H,32,34). The third kappa shape index (κ3) is 4.65. The van der Waals surface area contributed by atoms with Gasteiger partial charge in [0, 0.05) is 48.7 Å². The predicted octanol–water partition coefficient (Wildman–Crippen LogP) is 4.58. The summed E-state index contributed by atoms with van der Waals surface area (Å²) in [6.07, 6.45) is -3.03. The van der Waals surface area contributed by atoms with Gasteiger partial charge in [0.2, 0.25) is 0 Å². The molecular formula is C25H21F4N4O2P. The monoisotopic (exact) mass is 516 g/mol. The van der Waals surface area contributed by atoms with Crippen LogP contribution in [0.25, 0.3) is 10.8 Å². The number of halogens is 4. The van der Waals surface area contributed by atoms with Crippen molar-refractivity contribution in [1.29, 1.82) is 0 Å². The van der Waals surface area contributed by atoms with E-state index in [0.717, 1.165) is 12.3 Å². The number of nitrogens with one attached hydrogen (secondary N) is 1. The van der Waals surface area contributed by atoms with Crippen molar-refractivity contribution < 1.29 is 22.1 Å². The first-order chi connectivity index (χ1) is 17.1. The number of pyridine rings is 1. The van der Waals surface area contributed by atoms with Crippen LogP contribution in [0.4, 0.5) is 23.4 Å². The van der Waals surface area contributed by atoms with Crippen LogP contribution in [-0.4, -0.2) is 40.6 Å². The van der Waals surface area contributed by atoms with Crippen LogP contribution in [0.5, 0.6) is 0 Å². The molecule has 0 bridgehead atoms. The molecule has 1 fully saturated rings. The number of hydrogen-bond acceptors (Lipinski definition) is 5. The molecule has 1 aliphatic rings. The normalized spacial score (nSPS) is 15.8. The van der Waals surface area contributed by atoms with E-state index in [2.05, 4.69) is 15.2 Å². The molecule has 0 unspecified atom stereocenters. The van der Waals surface area contributed by atoms with Gasteiger partial charge in [0.15, 0.2) is 0 Å². The van der Waals surface area contributed by atoms with Crippen molar-refractivity contribution in [3.8, 4) is 0 Å². The zero-order valence-electron chi connectivity index (χ0n) is 18.9. The Morgan fingerprint density at radius 2 is 1.72 bits per heavy atom. The molecule has 2 aromatic heterocycles. The Labute approximate surface area is 203 Å². The number of nitrogens with zero attached hydrogens (tertiary/aromatic N) is 3.